The molecule has 1 saturated heterocycles. The normalized spacial score (nSPS) is 40.6. The molecule has 2 bridgehead atoms. The highest BCUT2D eigenvalue weighted by Crippen LogP contribution is 2.67. The zero-order valence-electron chi connectivity index (χ0n) is 12.5. The van der Waals surface area contributed by atoms with Gasteiger partial charge in [-0.3, -0.25) is 4.90 Å². The van der Waals surface area contributed by atoms with E-state index in [1.54, 1.807) is 7.11 Å². The van der Waals surface area contributed by atoms with Gasteiger partial charge in [-0.2, -0.15) is 0 Å². The average Bonchev–Trinajstić information content (AvgIpc) is 2.89. The van der Waals surface area contributed by atoms with E-state index in [1.165, 1.54) is 17.2 Å². The number of aliphatic carboxylic acids is 1. The van der Waals surface area contributed by atoms with Gasteiger partial charge in [0.1, 0.15) is 5.75 Å². The lowest BCUT2D eigenvalue weighted by atomic mass is 9.69. The second-order valence-electron chi connectivity index (χ2n) is 6.76. The van der Waals surface area contributed by atoms with E-state index < -0.39 is 5.97 Å². The molecule has 110 valence electrons. The number of methoxy groups -OCH3 is 1. The molecule has 4 atom stereocenters. The number of benzene rings is 1. The van der Waals surface area contributed by atoms with E-state index in [0.29, 0.717) is 0 Å². The number of fused-ring (bicyclic) bond motifs is 3. The Labute approximate surface area is 124 Å². The Hall–Kier alpha value is -1.81. The summed E-state index contributed by atoms with van der Waals surface area (Å²) in [6.45, 7) is 2.18. The first-order valence-electron chi connectivity index (χ1n) is 7.28. The van der Waals surface area contributed by atoms with Crippen LogP contribution in [0.2, 0.25) is 0 Å². The van der Waals surface area contributed by atoms with Gasteiger partial charge >= 0.3 is 5.97 Å². The minimum absolute atomic E-state index is 0.137. The summed E-state index contributed by atoms with van der Waals surface area (Å²) in [5, 5.41) is 9.26. The molecule has 21 heavy (non-hydrogen) atoms. The number of likely N-dealkylation sites (tertiary alicyclic amines) is 1. The minimum Gasteiger partial charge on any atom is -0.497 e. The quantitative estimate of drug-likeness (QED) is 0.667. The number of hydrogen-bond acceptors (Lipinski definition) is 3. The van der Waals surface area contributed by atoms with Crippen molar-refractivity contribution < 1.29 is 14.6 Å². The van der Waals surface area contributed by atoms with Crippen molar-refractivity contribution in [2.75, 3.05) is 14.2 Å². The lowest BCUT2D eigenvalue weighted by Gasteiger charge is -2.38. The van der Waals surface area contributed by atoms with Crippen LogP contribution in [0.3, 0.4) is 0 Å². The van der Waals surface area contributed by atoms with Crippen LogP contribution in [-0.4, -0.2) is 41.7 Å². The van der Waals surface area contributed by atoms with Crippen LogP contribution in [0.25, 0.3) is 0 Å². The number of carboxylic acid groups (broad SMARTS) is 1. The van der Waals surface area contributed by atoms with Gasteiger partial charge in [0.15, 0.2) is 0 Å². The molecule has 1 aliphatic heterocycles. The molecule has 4 unspecified atom stereocenters. The summed E-state index contributed by atoms with van der Waals surface area (Å²) in [5.74, 6) is -0.00630. The zero-order chi connectivity index (χ0) is 15.0. The second-order valence-corrected chi connectivity index (χ2v) is 6.76. The summed E-state index contributed by atoms with van der Waals surface area (Å²) in [4.78, 5) is 13.6. The fourth-order valence-electron chi connectivity index (χ4n) is 4.85. The minimum atomic E-state index is -0.848. The molecule has 4 rings (SSSR count). The molecular formula is C17H19NO3. The maximum Gasteiger partial charge on any atom is 0.328 e. The van der Waals surface area contributed by atoms with E-state index in [0.717, 1.165) is 24.2 Å². The van der Waals surface area contributed by atoms with Crippen molar-refractivity contribution in [2.45, 2.75) is 36.8 Å². The number of nitrogens with zero attached hydrogens (tertiary/aromatic N) is 1. The number of piperidine rings is 1. The van der Waals surface area contributed by atoms with Gasteiger partial charge < -0.3 is 9.84 Å². The SMILES string of the molecule is COc1ccc2c(c1)C1(C)CC3(C2)C(/C1=C/C(=O)O)N3C. The molecule has 1 spiro atoms. The summed E-state index contributed by atoms with van der Waals surface area (Å²) in [5.41, 5.74) is 3.56. The van der Waals surface area contributed by atoms with Crippen LogP contribution in [0.1, 0.15) is 24.5 Å². The van der Waals surface area contributed by atoms with Crippen LogP contribution < -0.4 is 4.74 Å². The Morgan fingerprint density at radius 1 is 1.52 bits per heavy atom. The van der Waals surface area contributed by atoms with E-state index in [4.69, 9.17) is 4.74 Å². The van der Waals surface area contributed by atoms with Crippen LogP contribution in [0.15, 0.2) is 29.8 Å². The molecule has 2 fully saturated rings. The second kappa shape index (κ2) is 3.69. The molecular weight excluding hydrogens is 266 g/mol. The first-order chi connectivity index (χ1) is 9.92. The maximum absolute atomic E-state index is 11.3. The predicted octanol–water partition coefficient (Wildman–Crippen LogP) is 1.98. The number of carboxylic acids is 1. The molecule has 4 nitrogen and oxygen atoms in total. The summed E-state index contributed by atoms with van der Waals surface area (Å²) in [6, 6.07) is 6.50. The van der Waals surface area contributed by atoms with Gasteiger partial charge in [-0.25, -0.2) is 4.79 Å². The number of likely N-dealkylation sites (N-methyl/N-ethyl adjacent to an activating group) is 1. The van der Waals surface area contributed by atoms with Gasteiger partial charge in [-0.1, -0.05) is 13.0 Å². The molecule has 1 aromatic carbocycles. The third kappa shape index (κ3) is 1.41. The number of carbonyl (C=O) groups is 1. The molecule has 0 radical (unpaired) electrons. The van der Waals surface area contributed by atoms with E-state index in [2.05, 4.69) is 31.0 Å². The van der Waals surface area contributed by atoms with Crippen LogP contribution >= 0.6 is 0 Å². The van der Waals surface area contributed by atoms with Crippen molar-refractivity contribution in [1.29, 1.82) is 0 Å². The van der Waals surface area contributed by atoms with Gasteiger partial charge in [0, 0.05) is 17.0 Å². The lowest BCUT2D eigenvalue weighted by Crippen LogP contribution is -2.36. The Morgan fingerprint density at radius 2 is 2.29 bits per heavy atom. The Kier molecular flexibility index (Phi) is 2.26. The highest BCUT2D eigenvalue weighted by Gasteiger charge is 2.73. The van der Waals surface area contributed by atoms with Crippen LogP contribution in [-0.2, 0) is 16.6 Å². The van der Waals surface area contributed by atoms with Gasteiger partial charge in [0.2, 0.25) is 0 Å². The number of hydrogen-bond donors (Lipinski definition) is 1. The first kappa shape index (κ1) is 12.9. The third-order valence-electron chi connectivity index (χ3n) is 5.81. The van der Waals surface area contributed by atoms with Gasteiger partial charge in [-0.05, 0) is 48.7 Å². The van der Waals surface area contributed by atoms with E-state index in [1.807, 2.05) is 6.07 Å². The summed E-state index contributed by atoms with van der Waals surface area (Å²) < 4.78 is 5.36. The first-order valence-corrected chi connectivity index (χ1v) is 7.28. The largest absolute Gasteiger partial charge is 0.497 e. The molecule has 3 aliphatic rings. The molecule has 1 aromatic rings. The Morgan fingerprint density at radius 3 is 2.95 bits per heavy atom. The van der Waals surface area contributed by atoms with Crippen LogP contribution in [0.4, 0.5) is 0 Å². The van der Waals surface area contributed by atoms with Crippen LogP contribution in [0.5, 0.6) is 5.75 Å². The van der Waals surface area contributed by atoms with Gasteiger partial charge in [0.05, 0.1) is 13.2 Å². The molecule has 0 aromatic heterocycles. The van der Waals surface area contributed by atoms with Crippen molar-refractivity contribution in [1.82, 2.24) is 4.90 Å². The van der Waals surface area contributed by atoms with Crippen molar-refractivity contribution >= 4 is 5.97 Å². The van der Waals surface area contributed by atoms with Crippen molar-refractivity contribution in [3.8, 4) is 5.75 Å². The molecule has 2 aliphatic carbocycles. The molecule has 1 N–H and O–H groups in total. The molecule has 1 saturated carbocycles. The standard InChI is InChI=1S/C17H19NO3/c1-16-9-17(15(18(17)2)13(16)7-14(19)20)8-10-4-5-11(21-3)6-12(10)16/h4-7,15H,8-9H2,1-3H3,(H,19,20)/b13-7-. The third-order valence-corrected chi connectivity index (χ3v) is 5.81. The summed E-state index contributed by atoms with van der Waals surface area (Å²) >= 11 is 0. The highest BCUT2D eigenvalue weighted by atomic mass is 16.5. The van der Waals surface area contributed by atoms with Crippen molar-refractivity contribution in [2.24, 2.45) is 0 Å². The van der Waals surface area contributed by atoms with Gasteiger partial charge in [0.25, 0.3) is 0 Å². The summed E-state index contributed by atoms with van der Waals surface area (Å²) in [6.07, 6.45) is 3.44. The zero-order valence-corrected chi connectivity index (χ0v) is 12.5. The summed E-state index contributed by atoms with van der Waals surface area (Å²) in [7, 11) is 3.77. The smallest absolute Gasteiger partial charge is 0.328 e. The topological polar surface area (TPSA) is 49.5 Å². The highest BCUT2D eigenvalue weighted by molar-refractivity contribution is 5.83. The van der Waals surface area contributed by atoms with Crippen molar-refractivity contribution in [3.05, 3.63) is 41.0 Å². The van der Waals surface area contributed by atoms with Gasteiger partial charge in [-0.15, -0.1) is 0 Å². The monoisotopic (exact) mass is 285 g/mol. The fraction of sp³-hybridized carbons (Fsp3) is 0.471. The Balaban J connectivity index is 1.93. The number of ether oxygens (including phenoxy) is 1. The molecule has 1 heterocycles. The predicted molar refractivity (Wildman–Crippen MR) is 78.7 cm³/mol. The van der Waals surface area contributed by atoms with Crippen LogP contribution in [0, 0.1) is 0 Å². The van der Waals surface area contributed by atoms with Crippen molar-refractivity contribution in [3.63, 3.8) is 0 Å². The molecule has 0 amide bonds. The van der Waals surface area contributed by atoms with E-state index in [-0.39, 0.29) is 17.0 Å². The van der Waals surface area contributed by atoms with E-state index in [9.17, 15) is 9.90 Å². The fourth-order valence-corrected chi connectivity index (χ4v) is 4.85. The maximum atomic E-state index is 11.3. The van der Waals surface area contributed by atoms with E-state index >= 15 is 0 Å². The Bertz CT molecular complexity index is 695. The number of rotatable bonds is 2. The lowest BCUT2D eigenvalue weighted by molar-refractivity contribution is -0.131. The molecule has 4 heteroatoms. The average molecular weight is 285 g/mol.